The van der Waals surface area contributed by atoms with Crippen molar-refractivity contribution in [3.63, 3.8) is 0 Å². The van der Waals surface area contributed by atoms with Gasteiger partial charge in [0, 0.05) is 17.4 Å². The van der Waals surface area contributed by atoms with Crippen LogP contribution < -0.4 is 14.8 Å². The molecule has 10 heteroatoms. The fourth-order valence-corrected chi connectivity index (χ4v) is 4.72. The van der Waals surface area contributed by atoms with Crippen LogP contribution in [0.15, 0.2) is 57.4 Å². The van der Waals surface area contributed by atoms with E-state index in [1.165, 1.54) is 22.5 Å². The van der Waals surface area contributed by atoms with Crippen molar-refractivity contribution < 1.29 is 18.8 Å². The fourth-order valence-electron chi connectivity index (χ4n) is 2.90. The van der Waals surface area contributed by atoms with Crippen molar-refractivity contribution in [3.05, 3.63) is 65.4 Å². The number of hydrogen-bond donors (Lipinski definition) is 1. The van der Waals surface area contributed by atoms with Gasteiger partial charge in [-0.05, 0) is 36.2 Å². The second kappa shape index (κ2) is 9.84. The maximum atomic E-state index is 12.6. The van der Waals surface area contributed by atoms with E-state index in [0.717, 1.165) is 10.1 Å². The third kappa shape index (κ3) is 4.92. The summed E-state index contributed by atoms with van der Waals surface area (Å²) in [6, 6.07) is 15.1. The number of anilines is 1. The second-order valence-electron chi connectivity index (χ2n) is 6.69. The predicted octanol–water partition coefficient (Wildman–Crippen LogP) is 5.06. The molecule has 1 amide bonds. The van der Waals surface area contributed by atoms with E-state index in [1.54, 1.807) is 50.2 Å². The molecule has 164 valence electrons. The molecule has 4 rings (SSSR count). The Hall–Kier alpha value is -3.37. The molecule has 0 saturated heterocycles. The van der Waals surface area contributed by atoms with Gasteiger partial charge in [-0.1, -0.05) is 52.5 Å². The highest BCUT2D eigenvalue weighted by Gasteiger charge is 2.17. The van der Waals surface area contributed by atoms with Crippen LogP contribution in [-0.4, -0.2) is 35.5 Å². The molecule has 2 aromatic heterocycles. The zero-order valence-electron chi connectivity index (χ0n) is 17.6. The van der Waals surface area contributed by atoms with Crippen molar-refractivity contribution in [1.29, 1.82) is 0 Å². The maximum Gasteiger partial charge on any atom is 0.279 e. The average molecular weight is 469 g/mol. The average Bonchev–Trinajstić information content (AvgIpc) is 3.48. The Labute approximate surface area is 193 Å². The molecule has 1 N–H and O–H groups in total. The van der Waals surface area contributed by atoms with Gasteiger partial charge in [0.05, 0.1) is 14.2 Å². The molecule has 0 atom stereocenters. The second-order valence-corrected chi connectivity index (χ2v) is 8.89. The minimum absolute atomic E-state index is 0.138. The van der Waals surface area contributed by atoms with Crippen LogP contribution in [-0.2, 0) is 5.75 Å². The summed E-state index contributed by atoms with van der Waals surface area (Å²) in [4.78, 5) is 12.6. The van der Waals surface area contributed by atoms with Gasteiger partial charge in [-0.15, -0.1) is 10.2 Å². The van der Waals surface area contributed by atoms with Gasteiger partial charge >= 0.3 is 0 Å². The first-order valence-corrected chi connectivity index (χ1v) is 11.4. The number of methoxy groups -OCH3 is 2. The van der Waals surface area contributed by atoms with Crippen molar-refractivity contribution in [2.24, 2.45) is 0 Å². The highest BCUT2D eigenvalue weighted by Crippen LogP contribution is 2.33. The van der Waals surface area contributed by atoms with E-state index < -0.39 is 5.91 Å². The van der Waals surface area contributed by atoms with Crippen molar-refractivity contribution in [2.75, 3.05) is 19.5 Å². The van der Waals surface area contributed by atoms with E-state index in [9.17, 15) is 4.79 Å². The van der Waals surface area contributed by atoms with Gasteiger partial charge in [0.15, 0.2) is 27.3 Å². The SMILES string of the molecule is COc1ccc(-c2cc(C(=O)Nc3nnc(SCc4ccccc4C)s3)no2)cc1OC. The summed E-state index contributed by atoms with van der Waals surface area (Å²) >= 11 is 2.89. The predicted molar refractivity (Wildman–Crippen MR) is 124 cm³/mol. The number of hydrogen-bond acceptors (Lipinski definition) is 9. The quantitative estimate of drug-likeness (QED) is 0.283. The van der Waals surface area contributed by atoms with Crippen LogP contribution in [0.1, 0.15) is 21.6 Å². The number of aromatic nitrogens is 3. The molecule has 0 spiro atoms. The van der Waals surface area contributed by atoms with Gasteiger partial charge in [0.25, 0.3) is 5.91 Å². The first-order chi connectivity index (χ1) is 15.6. The van der Waals surface area contributed by atoms with Crippen LogP contribution in [0.4, 0.5) is 5.13 Å². The largest absolute Gasteiger partial charge is 0.493 e. The molecular weight excluding hydrogens is 448 g/mol. The minimum atomic E-state index is -0.424. The zero-order valence-corrected chi connectivity index (χ0v) is 19.3. The summed E-state index contributed by atoms with van der Waals surface area (Å²) in [5.41, 5.74) is 3.32. The van der Waals surface area contributed by atoms with Crippen LogP contribution >= 0.6 is 23.1 Å². The van der Waals surface area contributed by atoms with Crippen LogP contribution in [0.2, 0.25) is 0 Å². The number of carbonyl (C=O) groups excluding carboxylic acids is 1. The lowest BCUT2D eigenvalue weighted by Gasteiger charge is -2.07. The minimum Gasteiger partial charge on any atom is -0.493 e. The van der Waals surface area contributed by atoms with Gasteiger partial charge < -0.3 is 14.0 Å². The number of benzene rings is 2. The molecule has 8 nitrogen and oxygen atoms in total. The normalized spacial score (nSPS) is 10.7. The lowest BCUT2D eigenvalue weighted by atomic mass is 10.1. The Morgan fingerprint density at radius 3 is 2.69 bits per heavy atom. The highest BCUT2D eigenvalue weighted by atomic mass is 32.2. The fraction of sp³-hybridized carbons (Fsp3) is 0.182. The summed E-state index contributed by atoms with van der Waals surface area (Å²) < 4.78 is 16.7. The lowest BCUT2D eigenvalue weighted by Crippen LogP contribution is -2.11. The summed E-state index contributed by atoms with van der Waals surface area (Å²) in [5.74, 6) is 1.95. The van der Waals surface area contributed by atoms with Crippen LogP contribution in [0.3, 0.4) is 0 Å². The van der Waals surface area contributed by atoms with Crippen LogP contribution in [0.25, 0.3) is 11.3 Å². The van der Waals surface area contributed by atoms with Gasteiger partial charge in [-0.25, -0.2) is 0 Å². The molecule has 4 aromatic rings. The molecule has 0 saturated carbocycles. The van der Waals surface area contributed by atoms with Gasteiger partial charge in [0.1, 0.15) is 0 Å². The number of amides is 1. The molecule has 0 radical (unpaired) electrons. The molecule has 0 unspecified atom stereocenters. The Bertz CT molecular complexity index is 1240. The summed E-state index contributed by atoms with van der Waals surface area (Å²) in [6.07, 6.45) is 0. The van der Waals surface area contributed by atoms with E-state index in [4.69, 9.17) is 14.0 Å². The van der Waals surface area contributed by atoms with Gasteiger partial charge in [-0.3, -0.25) is 10.1 Å². The number of thioether (sulfide) groups is 1. The maximum absolute atomic E-state index is 12.6. The van der Waals surface area contributed by atoms with E-state index >= 15 is 0 Å². The topological polar surface area (TPSA) is 99.4 Å². The molecule has 0 fully saturated rings. The standard InChI is InChI=1S/C22H20N4O4S2/c1-13-6-4-5-7-15(13)12-31-22-25-24-21(32-22)23-20(27)16-11-18(30-26-16)14-8-9-17(28-2)19(10-14)29-3/h4-11H,12H2,1-3H3,(H,23,24,27). The van der Waals surface area contributed by atoms with Crippen LogP contribution in [0.5, 0.6) is 11.5 Å². The van der Waals surface area contributed by atoms with E-state index in [2.05, 4.69) is 39.7 Å². The first-order valence-electron chi connectivity index (χ1n) is 9.58. The Morgan fingerprint density at radius 1 is 1.09 bits per heavy atom. The zero-order chi connectivity index (χ0) is 22.5. The Kier molecular flexibility index (Phi) is 6.72. The molecule has 0 bridgehead atoms. The number of ether oxygens (including phenoxy) is 2. The molecule has 2 aromatic carbocycles. The van der Waals surface area contributed by atoms with Crippen molar-refractivity contribution >= 4 is 34.1 Å². The number of carbonyl (C=O) groups is 1. The molecule has 32 heavy (non-hydrogen) atoms. The smallest absolute Gasteiger partial charge is 0.279 e. The van der Waals surface area contributed by atoms with Crippen molar-refractivity contribution in [3.8, 4) is 22.8 Å². The van der Waals surface area contributed by atoms with Crippen LogP contribution in [0, 0.1) is 6.92 Å². The molecule has 0 aliphatic rings. The number of nitrogens with zero attached hydrogens (tertiary/aromatic N) is 3. The van der Waals surface area contributed by atoms with Crippen molar-refractivity contribution in [1.82, 2.24) is 15.4 Å². The highest BCUT2D eigenvalue weighted by molar-refractivity contribution is 8.00. The third-order valence-electron chi connectivity index (χ3n) is 4.65. The summed E-state index contributed by atoms with van der Waals surface area (Å²) in [5, 5.41) is 15.2. The number of rotatable bonds is 8. The van der Waals surface area contributed by atoms with E-state index in [1.807, 2.05) is 12.1 Å². The summed E-state index contributed by atoms with van der Waals surface area (Å²) in [7, 11) is 3.12. The molecule has 0 aliphatic carbocycles. The monoisotopic (exact) mass is 468 g/mol. The van der Waals surface area contributed by atoms with Crippen molar-refractivity contribution in [2.45, 2.75) is 17.0 Å². The molecule has 0 aliphatic heterocycles. The molecular formula is C22H20N4O4S2. The van der Waals surface area contributed by atoms with E-state index in [0.29, 0.717) is 28.0 Å². The van der Waals surface area contributed by atoms with Gasteiger partial charge in [-0.2, -0.15) is 0 Å². The molecule has 2 heterocycles. The van der Waals surface area contributed by atoms with E-state index in [-0.39, 0.29) is 5.69 Å². The Morgan fingerprint density at radius 2 is 1.91 bits per heavy atom. The number of nitrogens with one attached hydrogen (secondary N) is 1. The Balaban J connectivity index is 1.40. The lowest BCUT2D eigenvalue weighted by molar-refractivity contribution is 0.101. The summed E-state index contributed by atoms with van der Waals surface area (Å²) in [6.45, 7) is 2.08. The third-order valence-corrected chi connectivity index (χ3v) is 6.67. The number of aryl methyl sites for hydroxylation is 1. The van der Waals surface area contributed by atoms with Gasteiger partial charge in [0.2, 0.25) is 5.13 Å². The first kappa shape index (κ1) is 21.8.